The highest BCUT2D eigenvalue weighted by atomic mass is 32.2. The number of hydrogen-bond acceptors (Lipinski definition) is 12. The minimum atomic E-state index is -1.66. The summed E-state index contributed by atoms with van der Waals surface area (Å²) in [4.78, 5) is 90.1. The smallest absolute Gasteiger partial charge is 0.326 e. The first kappa shape index (κ1) is 45.5. The van der Waals surface area contributed by atoms with Crippen LogP contribution < -0.4 is 37.2 Å². The van der Waals surface area contributed by atoms with Gasteiger partial charge in [-0.3, -0.25) is 28.8 Å². The van der Waals surface area contributed by atoms with Crippen LogP contribution in [0.3, 0.4) is 0 Å². The molecule has 18 nitrogen and oxygen atoms in total. The number of nitrogens with one attached hydrogen (secondary N) is 7. The summed E-state index contributed by atoms with van der Waals surface area (Å²) in [5.74, 6) is -6.36. The van der Waals surface area contributed by atoms with E-state index in [1.54, 1.807) is 27.0 Å². The molecule has 1 saturated heterocycles. The third-order valence-electron chi connectivity index (χ3n) is 8.43. The van der Waals surface area contributed by atoms with Crippen LogP contribution in [0.5, 0.6) is 0 Å². The average Bonchev–Trinajstić information content (AvgIpc) is 3.63. The van der Waals surface area contributed by atoms with Crippen molar-refractivity contribution < 1.29 is 54.0 Å². The monoisotopic (exact) mass is 747 g/mol. The summed E-state index contributed by atoms with van der Waals surface area (Å²) in [7, 11) is 0. The lowest BCUT2D eigenvalue weighted by Crippen LogP contribution is -2.62. The summed E-state index contributed by atoms with van der Waals surface area (Å²) >= 11 is 1.34. The average molecular weight is 748 g/mol. The van der Waals surface area contributed by atoms with Crippen LogP contribution in [0.25, 0.3) is 0 Å². The first-order valence-electron chi connectivity index (χ1n) is 17.2. The van der Waals surface area contributed by atoms with Crippen molar-refractivity contribution in [2.45, 2.75) is 115 Å². The molecule has 1 aliphatic rings. The number of aliphatic hydroxyl groups excluding tert-OH is 3. The number of aliphatic carboxylic acids is 1. The van der Waals surface area contributed by atoms with Crippen LogP contribution in [0.4, 0.5) is 0 Å². The van der Waals surface area contributed by atoms with Gasteiger partial charge in [0.25, 0.3) is 0 Å². The molecule has 1 heterocycles. The minimum Gasteiger partial charge on any atom is -0.480 e. The van der Waals surface area contributed by atoms with Crippen molar-refractivity contribution in [2.24, 2.45) is 11.8 Å². The molecule has 0 unspecified atom stereocenters. The lowest BCUT2D eigenvalue weighted by molar-refractivity contribution is -0.143. The van der Waals surface area contributed by atoms with Crippen LogP contribution in [0.15, 0.2) is 0 Å². The highest BCUT2D eigenvalue weighted by Crippen LogP contribution is 2.12. The molecule has 19 heteroatoms. The van der Waals surface area contributed by atoms with Crippen molar-refractivity contribution in [3.8, 4) is 0 Å². The van der Waals surface area contributed by atoms with Crippen molar-refractivity contribution in [1.82, 2.24) is 37.2 Å². The summed E-state index contributed by atoms with van der Waals surface area (Å²) in [5, 5.41) is 57.1. The molecule has 1 rings (SSSR count). The molecule has 6 amide bonds. The topological polar surface area (TPSA) is 285 Å². The first-order chi connectivity index (χ1) is 24.0. The van der Waals surface area contributed by atoms with E-state index in [1.165, 1.54) is 18.7 Å². The number of carbonyl (C=O) groups is 7. The Morgan fingerprint density at radius 1 is 0.745 bits per heavy atom. The zero-order valence-corrected chi connectivity index (χ0v) is 31.0. The third-order valence-corrected chi connectivity index (χ3v) is 9.07. The van der Waals surface area contributed by atoms with E-state index in [9.17, 15) is 54.0 Å². The van der Waals surface area contributed by atoms with Gasteiger partial charge in [0, 0.05) is 0 Å². The molecule has 0 spiro atoms. The molecule has 11 N–H and O–H groups in total. The molecule has 0 saturated carbocycles. The second kappa shape index (κ2) is 23.1. The number of rotatable bonds is 23. The van der Waals surface area contributed by atoms with E-state index < -0.39 is 97.1 Å². The number of aliphatic hydroxyl groups is 3. The molecule has 1 aliphatic heterocycles. The molecule has 0 aromatic rings. The Bertz CT molecular complexity index is 1190. The number of carbonyl (C=O) groups excluding carboxylic acids is 6. The van der Waals surface area contributed by atoms with E-state index in [0.29, 0.717) is 25.1 Å². The van der Waals surface area contributed by atoms with Gasteiger partial charge in [-0.05, 0) is 63.0 Å². The van der Waals surface area contributed by atoms with E-state index in [0.717, 1.165) is 6.42 Å². The maximum atomic E-state index is 13.3. The Kier molecular flexibility index (Phi) is 20.6. The summed E-state index contributed by atoms with van der Waals surface area (Å²) in [5.41, 5.74) is 0. The van der Waals surface area contributed by atoms with E-state index in [4.69, 9.17) is 0 Å². The Labute approximate surface area is 302 Å². The van der Waals surface area contributed by atoms with E-state index >= 15 is 0 Å². The van der Waals surface area contributed by atoms with Crippen molar-refractivity contribution in [1.29, 1.82) is 0 Å². The van der Waals surface area contributed by atoms with Crippen LogP contribution in [0, 0.1) is 11.8 Å². The Balaban J connectivity index is 3.04. The van der Waals surface area contributed by atoms with Crippen LogP contribution in [-0.2, 0) is 33.6 Å². The molecular weight excluding hydrogens is 690 g/mol. The van der Waals surface area contributed by atoms with Crippen LogP contribution in [-0.4, -0.2) is 142 Å². The van der Waals surface area contributed by atoms with Crippen molar-refractivity contribution in [3.05, 3.63) is 0 Å². The molecule has 0 radical (unpaired) electrons. The fourth-order valence-corrected chi connectivity index (χ4v) is 5.65. The fourth-order valence-electron chi connectivity index (χ4n) is 5.18. The standard InChI is InChI=1S/C32H57N7O11S/c1-7-17(4)24(38-26(43)19-9-8-11-33-19)30(47)37-22(14-40)28(45)34-20(10-12-51-6)27(44)36-23(15-41)29(46)39-25(18(5)42)31(48)35-21(32(49)50)13-16(2)3/h16-25,33,40-42H,7-15H2,1-6H3,(H,34,45)(H,35,48)(H,36,44)(H,37,47)(H,38,43)(H,39,46)(H,49,50)/t17-,18+,19-,20-,21-,22-,23-,24-,25-/m0/s1. The predicted octanol–water partition coefficient (Wildman–Crippen LogP) is -3.06. The maximum Gasteiger partial charge on any atom is 0.326 e. The normalized spacial score (nSPS) is 18.9. The van der Waals surface area contributed by atoms with Gasteiger partial charge < -0.3 is 57.6 Å². The zero-order chi connectivity index (χ0) is 38.8. The molecule has 292 valence electrons. The molecule has 9 atom stereocenters. The third kappa shape index (κ3) is 15.3. The Morgan fingerprint density at radius 3 is 1.73 bits per heavy atom. The van der Waals surface area contributed by atoms with E-state index in [2.05, 4.69) is 37.2 Å². The SMILES string of the molecule is CC[C@H](C)[C@H](NC(=O)[C@@H]1CCCN1)C(=O)N[C@@H](CO)C(=O)N[C@@H](CCSC)C(=O)N[C@@H](CO)C(=O)N[C@H](C(=O)N[C@@H](CC(C)C)C(=O)O)[C@@H](C)O. The molecular formula is C32H57N7O11S. The van der Waals surface area contributed by atoms with Crippen molar-refractivity contribution in [2.75, 3.05) is 31.8 Å². The van der Waals surface area contributed by atoms with Crippen LogP contribution >= 0.6 is 11.8 Å². The van der Waals surface area contributed by atoms with Gasteiger partial charge in [0.05, 0.1) is 25.4 Å². The Morgan fingerprint density at radius 2 is 1.25 bits per heavy atom. The van der Waals surface area contributed by atoms with Gasteiger partial charge in [-0.15, -0.1) is 0 Å². The number of carboxylic acids is 1. The molecule has 0 aliphatic carbocycles. The van der Waals surface area contributed by atoms with Crippen molar-refractivity contribution >= 4 is 53.2 Å². The van der Waals surface area contributed by atoms with Crippen molar-refractivity contribution in [3.63, 3.8) is 0 Å². The largest absolute Gasteiger partial charge is 0.480 e. The molecule has 51 heavy (non-hydrogen) atoms. The Hall–Kier alpha value is -3.52. The lowest BCUT2D eigenvalue weighted by Gasteiger charge is -2.28. The maximum absolute atomic E-state index is 13.3. The van der Waals surface area contributed by atoms with Gasteiger partial charge in [-0.25, -0.2) is 4.79 Å². The van der Waals surface area contributed by atoms with Gasteiger partial charge in [-0.2, -0.15) is 11.8 Å². The molecule has 0 bridgehead atoms. The highest BCUT2D eigenvalue weighted by Gasteiger charge is 2.35. The van der Waals surface area contributed by atoms with Crippen LogP contribution in [0.1, 0.15) is 66.7 Å². The second-order valence-electron chi connectivity index (χ2n) is 13.1. The highest BCUT2D eigenvalue weighted by molar-refractivity contribution is 7.98. The number of hydrogen-bond donors (Lipinski definition) is 11. The predicted molar refractivity (Wildman–Crippen MR) is 188 cm³/mol. The fraction of sp³-hybridized carbons (Fsp3) is 0.781. The summed E-state index contributed by atoms with van der Waals surface area (Å²) < 4.78 is 0. The molecule has 0 aromatic heterocycles. The van der Waals surface area contributed by atoms with E-state index in [1.807, 2.05) is 6.92 Å². The minimum absolute atomic E-state index is 0.0374. The van der Waals surface area contributed by atoms with Gasteiger partial charge in [0.15, 0.2) is 0 Å². The van der Waals surface area contributed by atoms with E-state index in [-0.39, 0.29) is 30.6 Å². The lowest BCUT2D eigenvalue weighted by atomic mass is 9.97. The first-order valence-corrected chi connectivity index (χ1v) is 18.6. The van der Waals surface area contributed by atoms with Gasteiger partial charge >= 0.3 is 5.97 Å². The molecule has 1 fully saturated rings. The molecule has 0 aromatic carbocycles. The summed E-state index contributed by atoms with van der Waals surface area (Å²) in [6.45, 7) is 7.15. The summed E-state index contributed by atoms with van der Waals surface area (Å²) in [6.07, 6.45) is 2.31. The van der Waals surface area contributed by atoms with Gasteiger partial charge in [-0.1, -0.05) is 34.1 Å². The number of carboxylic acid groups (broad SMARTS) is 1. The zero-order valence-electron chi connectivity index (χ0n) is 30.2. The second-order valence-corrected chi connectivity index (χ2v) is 14.1. The number of thioether (sulfide) groups is 1. The summed E-state index contributed by atoms with van der Waals surface area (Å²) in [6, 6.07) is -8.88. The quantitative estimate of drug-likeness (QED) is 0.0496. The van der Waals surface area contributed by atoms with Crippen LogP contribution in [0.2, 0.25) is 0 Å². The number of amides is 6. The van der Waals surface area contributed by atoms with Gasteiger partial charge in [0.1, 0.15) is 36.3 Å². The van der Waals surface area contributed by atoms with Gasteiger partial charge in [0.2, 0.25) is 35.4 Å².